The Kier molecular flexibility index (Phi) is 3.11. The van der Waals surface area contributed by atoms with Crippen molar-refractivity contribution in [3.63, 3.8) is 0 Å². The largest absolute Gasteiger partial charge is 0.381 e. The molecule has 2 aromatic rings. The molecule has 3 rings (SSSR count). The molecule has 0 spiro atoms. The lowest BCUT2D eigenvalue weighted by molar-refractivity contribution is 0.108. The predicted molar refractivity (Wildman–Crippen MR) is 71.6 cm³/mol. The number of para-hydroxylation sites is 1. The van der Waals surface area contributed by atoms with Crippen LogP contribution in [-0.2, 0) is 4.74 Å². The SMILES string of the molecule is COC1CCC(Nc2ncc3ccccc3n2)C1. The fourth-order valence-corrected chi connectivity index (χ4v) is 2.51. The van der Waals surface area contributed by atoms with Crippen LogP contribution in [0.2, 0.25) is 0 Å². The number of methoxy groups -OCH3 is 1. The highest BCUT2D eigenvalue weighted by atomic mass is 16.5. The Bertz CT molecular complexity index is 543. The molecule has 1 heterocycles. The van der Waals surface area contributed by atoms with Gasteiger partial charge < -0.3 is 10.1 Å². The molecule has 4 nitrogen and oxygen atoms in total. The summed E-state index contributed by atoms with van der Waals surface area (Å²) in [5.74, 6) is 0.718. The number of benzene rings is 1. The normalized spacial score (nSPS) is 23.4. The van der Waals surface area contributed by atoms with E-state index in [4.69, 9.17) is 4.74 Å². The van der Waals surface area contributed by atoms with E-state index in [1.165, 1.54) is 0 Å². The Balaban J connectivity index is 1.75. The second-order valence-electron chi connectivity index (χ2n) is 4.76. The molecule has 4 heteroatoms. The maximum absolute atomic E-state index is 5.37. The van der Waals surface area contributed by atoms with E-state index < -0.39 is 0 Å². The maximum Gasteiger partial charge on any atom is 0.223 e. The van der Waals surface area contributed by atoms with Gasteiger partial charge in [0.1, 0.15) is 0 Å². The molecular formula is C14H17N3O. The van der Waals surface area contributed by atoms with Gasteiger partial charge in [-0.05, 0) is 25.3 Å². The molecule has 2 unspecified atom stereocenters. The third-order valence-electron chi connectivity index (χ3n) is 3.54. The zero-order chi connectivity index (χ0) is 12.4. The molecule has 0 aliphatic heterocycles. The van der Waals surface area contributed by atoms with Gasteiger partial charge >= 0.3 is 0 Å². The molecule has 1 aromatic heterocycles. The van der Waals surface area contributed by atoms with Gasteiger partial charge in [0.05, 0.1) is 11.6 Å². The predicted octanol–water partition coefficient (Wildman–Crippen LogP) is 2.61. The van der Waals surface area contributed by atoms with Crippen LogP contribution in [0.1, 0.15) is 19.3 Å². The van der Waals surface area contributed by atoms with Gasteiger partial charge in [0, 0.05) is 24.7 Å². The van der Waals surface area contributed by atoms with Gasteiger partial charge in [0.2, 0.25) is 5.95 Å². The van der Waals surface area contributed by atoms with Crippen LogP contribution in [0.15, 0.2) is 30.5 Å². The van der Waals surface area contributed by atoms with Crippen LogP contribution in [0, 0.1) is 0 Å². The molecule has 1 aliphatic rings. The van der Waals surface area contributed by atoms with Crippen LogP contribution in [0.4, 0.5) is 5.95 Å². The van der Waals surface area contributed by atoms with Gasteiger partial charge in [-0.25, -0.2) is 9.97 Å². The number of anilines is 1. The van der Waals surface area contributed by atoms with E-state index in [0.717, 1.165) is 36.1 Å². The van der Waals surface area contributed by atoms with E-state index in [9.17, 15) is 0 Å². The topological polar surface area (TPSA) is 47.0 Å². The molecule has 94 valence electrons. The van der Waals surface area contributed by atoms with Crippen molar-refractivity contribution in [2.45, 2.75) is 31.4 Å². The van der Waals surface area contributed by atoms with E-state index in [1.54, 1.807) is 7.11 Å². The number of aromatic nitrogens is 2. The van der Waals surface area contributed by atoms with Gasteiger partial charge in [-0.2, -0.15) is 0 Å². The summed E-state index contributed by atoms with van der Waals surface area (Å²) in [6.07, 6.45) is 5.51. The third kappa shape index (κ3) is 2.29. The number of hydrogen-bond acceptors (Lipinski definition) is 4. The van der Waals surface area contributed by atoms with E-state index in [2.05, 4.69) is 15.3 Å². The number of hydrogen-bond donors (Lipinski definition) is 1. The summed E-state index contributed by atoms with van der Waals surface area (Å²) in [6.45, 7) is 0. The minimum Gasteiger partial charge on any atom is -0.381 e. The Hall–Kier alpha value is -1.68. The molecule has 1 fully saturated rings. The number of nitrogens with one attached hydrogen (secondary N) is 1. The smallest absolute Gasteiger partial charge is 0.223 e. The van der Waals surface area contributed by atoms with Gasteiger partial charge in [-0.15, -0.1) is 0 Å². The minimum atomic E-state index is 0.378. The van der Waals surface area contributed by atoms with Gasteiger partial charge in [-0.1, -0.05) is 18.2 Å². The van der Waals surface area contributed by atoms with Crippen molar-refractivity contribution in [2.24, 2.45) is 0 Å². The first-order valence-corrected chi connectivity index (χ1v) is 6.36. The molecule has 1 N–H and O–H groups in total. The zero-order valence-corrected chi connectivity index (χ0v) is 10.5. The summed E-state index contributed by atoms with van der Waals surface area (Å²) in [4.78, 5) is 8.88. The fraction of sp³-hybridized carbons (Fsp3) is 0.429. The standard InChI is InChI=1S/C14H17N3O/c1-18-12-7-6-11(8-12)16-14-15-9-10-4-2-3-5-13(10)17-14/h2-5,9,11-12H,6-8H2,1H3,(H,15,16,17). The second-order valence-corrected chi connectivity index (χ2v) is 4.76. The van der Waals surface area contributed by atoms with Crippen molar-refractivity contribution in [1.29, 1.82) is 0 Å². The highest BCUT2D eigenvalue weighted by Crippen LogP contribution is 2.24. The first-order valence-electron chi connectivity index (χ1n) is 6.36. The summed E-state index contributed by atoms with van der Waals surface area (Å²) in [7, 11) is 1.78. The summed E-state index contributed by atoms with van der Waals surface area (Å²) in [5, 5.41) is 4.47. The molecule has 0 radical (unpaired) electrons. The van der Waals surface area contributed by atoms with Gasteiger partial charge in [0.25, 0.3) is 0 Å². The first-order chi connectivity index (χ1) is 8.85. The van der Waals surface area contributed by atoms with Crippen molar-refractivity contribution in [3.05, 3.63) is 30.5 Å². The fourth-order valence-electron chi connectivity index (χ4n) is 2.51. The summed E-state index contributed by atoms with van der Waals surface area (Å²) in [6, 6.07) is 8.45. The second kappa shape index (κ2) is 4.90. The number of nitrogens with zero attached hydrogens (tertiary/aromatic N) is 2. The zero-order valence-electron chi connectivity index (χ0n) is 10.5. The molecule has 1 aromatic carbocycles. The van der Waals surface area contributed by atoms with Crippen LogP contribution in [0.25, 0.3) is 10.9 Å². The monoisotopic (exact) mass is 243 g/mol. The molecule has 1 saturated carbocycles. The average Bonchev–Trinajstić information content (AvgIpc) is 2.86. The third-order valence-corrected chi connectivity index (χ3v) is 3.54. The van der Waals surface area contributed by atoms with E-state index >= 15 is 0 Å². The summed E-state index contributed by atoms with van der Waals surface area (Å²) < 4.78 is 5.37. The molecule has 18 heavy (non-hydrogen) atoms. The lowest BCUT2D eigenvalue weighted by Gasteiger charge is -2.12. The van der Waals surface area contributed by atoms with E-state index in [-0.39, 0.29) is 0 Å². The lowest BCUT2D eigenvalue weighted by atomic mass is 10.2. The van der Waals surface area contributed by atoms with Crippen molar-refractivity contribution in [2.75, 3.05) is 12.4 Å². The van der Waals surface area contributed by atoms with Crippen LogP contribution >= 0.6 is 0 Å². The van der Waals surface area contributed by atoms with Crippen molar-refractivity contribution in [1.82, 2.24) is 9.97 Å². The lowest BCUT2D eigenvalue weighted by Crippen LogP contribution is -2.18. The Morgan fingerprint density at radius 1 is 1.28 bits per heavy atom. The molecule has 0 amide bonds. The van der Waals surface area contributed by atoms with Crippen molar-refractivity contribution in [3.8, 4) is 0 Å². The van der Waals surface area contributed by atoms with Gasteiger partial charge in [0.15, 0.2) is 0 Å². The minimum absolute atomic E-state index is 0.378. The molecule has 0 saturated heterocycles. The maximum atomic E-state index is 5.37. The Morgan fingerprint density at radius 2 is 2.17 bits per heavy atom. The Labute approximate surface area is 106 Å². The highest BCUT2D eigenvalue weighted by molar-refractivity contribution is 5.78. The number of rotatable bonds is 3. The van der Waals surface area contributed by atoms with Crippen LogP contribution < -0.4 is 5.32 Å². The molecule has 0 bridgehead atoms. The van der Waals surface area contributed by atoms with Crippen molar-refractivity contribution < 1.29 is 4.74 Å². The average molecular weight is 243 g/mol. The number of ether oxygens (including phenoxy) is 1. The molecule has 1 aliphatic carbocycles. The van der Waals surface area contributed by atoms with Gasteiger partial charge in [-0.3, -0.25) is 0 Å². The van der Waals surface area contributed by atoms with E-state index in [0.29, 0.717) is 12.1 Å². The van der Waals surface area contributed by atoms with Crippen LogP contribution in [-0.4, -0.2) is 29.2 Å². The molecular weight excluding hydrogens is 226 g/mol. The van der Waals surface area contributed by atoms with Crippen molar-refractivity contribution >= 4 is 16.9 Å². The Morgan fingerprint density at radius 3 is 3.00 bits per heavy atom. The highest BCUT2D eigenvalue weighted by Gasteiger charge is 2.24. The van der Waals surface area contributed by atoms with E-state index in [1.807, 2.05) is 30.5 Å². The van der Waals surface area contributed by atoms with Crippen LogP contribution in [0.5, 0.6) is 0 Å². The quantitative estimate of drug-likeness (QED) is 0.900. The molecule has 2 atom stereocenters. The van der Waals surface area contributed by atoms with Crippen LogP contribution in [0.3, 0.4) is 0 Å². The summed E-state index contributed by atoms with van der Waals surface area (Å²) >= 11 is 0. The summed E-state index contributed by atoms with van der Waals surface area (Å²) in [5.41, 5.74) is 0.983. The number of fused-ring (bicyclic) bond motifs is 1. The first kappa shape index (κ1) is 11.4.